The number of thiazole rings is 1. The van der Waals surface area contributed by atoms with Gasteiger partial charge in [0, 0.05) is 17.1 Å². The molecule has 1 aromatic carbocycles. The molecule has 0 aliphatic heterocycles. The average Bonchev–Trinajstić information content (AvgIpc) is 3.02. The van der Waals surface area contributed by atoms with Gasteiger partial charge < -0.3 is 10.1 Å². The lowest BCUT2D eigenvalue weighted by Gasteiger charge is -2.05. The number of hydrogen-bond donors (Lipinski definition) is 1. The first-order valence-electron chi connectivity index (χ1n) is 6.79. The number of ether oxygens (including phenoxy) is 1. The Morgan fingerprint density at radius 2 is 2.05 bits per heavy atom. The van der Waals surface area contributed by atoms with E-state index in [1.165, 1.54) is 23.5 Å². The zero-order valence-corrected chi connectivity index (χ0v) is 12.5. The summed E-state index contributed by atoms with van der Waals surface area (Å²) in [6.45, 7) is 1.17. The highest BCUT2D eigenvalue weighted by Gasteiger charge is 2.04. The molecule has 0 aliphatic carbocycles. The number of anilines is 1. The summed E-state index contributed by atoms with van der Waals surface area (Å²) in [6, 6.07) is 10.0. The smallest absolute Gasteiger partial charge is 0.183 e. The highest BCUT2D eigenvalue weighted by Crippen LogP contribution is 2.24. The maximum Gasteiger partial charge on any atom is 0.183 e. The Morgan fingerprint density at radius 1 is 1.18 bits per heavy atom. The molecule has 0 spiro atoms. The lowest BCUT2D eigenvalue weighted by molar-refractivity contribution is 0.331. The number of halogens is 1. The van der Waals surface area contributed by atoms with Gasteiger partial charge in [0.1, 0.15) is 18.2 Å². The van der Waals surface area contributed by atoms with Crippen LogP contribution in [-0.2, 0) is 0 Å². The molecule has 0 bridgehead atoms. The van der Waals surface area contributed by atoms with Crippen molar-refractivity contribution in [1.29, 1.82) is 0 Å². The minimum absolute atomic E-state index is 0.245. The van der Waals surface area contributed by atoms with E-state index in [0.29, 0.717) is 13.2 Å². The second-order valence-electron chi connectivity index (χ2n) is 4.51. The molecule has 0 atom stereocenters. The van der Waals surface area contributed by atoms with Crippen molar-refractivity contribution >= 4 is 16.5 Å². The SMILES string of the molecule is Fc1ccc(-c2csc(NCCOc3cccnc3)n2)cc1. The number of nitrogens with one attached hydrogen (secondary N) is 1. The van der Waals surface area contributed by atoms with Crippen LogP contribution in [0.25, 0.3) is 11.3 Å². The number of nitrogens with zero attached hydrogens (tertiary/aromatic N) is 2. The molecule has 0 saturated heterocycles. The van der Waals surface area contributed by atoms with Gasteiger partial charge in [-0.3, -0.25) is 4.98 Å². The molecule has 6 heteroatoms. The Kier molecular flexibility index (Phi) is 4.60. The molecule has 0 fully saturated rings. The second-order valence-corrected chi connectivity index (χ2v) is 5.37. The Bertz CT molecular complexity index is 716. The largest absolute Gasteiger partial charge is 0.490 e. The highest BCUT2D eigenvalue weighted by molar-refractivity contribution is 7.14. The molecule has 1 N–H and O–H groups in total. The van der Waals surface area contributed by atoms with Gasteiger partial charge in [0.05, 0.1) is 18.4 Å². The van der Waals surface area contributed by atoms with Gasteiger partial charge in [-0.05, 0) is 36.4 Å². The van der Waals surface area contributed by atoms with Crippen molar-refractivity contribution in [2.45, 2.75) is 0 Å². The molecule has 3 aromatic rings. The van der Waals surface area contributed by atoms with Crippen LogP contribution in [0.1, 0.15) is 0 Å². The molecular formula is C16H14FN3OS. The molecule has 0 saturated carbocycles. The Hall–Kier alpha value is -2.47. The van der Waals surface area contributed by atoms with Gasteiger partial charge in [-0.2, -0.15) is 0 Å². The third-order valence-corrected chi connectivity index (χ3v) is 3.73. The lowest BCUT2D eigenvalue weighted by Crippen LogP contribution is -2.11. The summed E-state index contributed by atoms with van der Waals surface area (Å²) in [5, 5.41) is 5.96. The first-order chi connectivity index (χ1) is 10.8. The normalized spacial score (nSPS) is 10.4. The van der Waals surface area contributed by atoms with E-state index < -0.39 is 0 Å². The van der Waals surface area contributed by atoms with E-state index in [0.717, 1.165) is 22.1 Å². The summed E-state index contributed by atoms with van der Waals surface area (Å²) in [7, 11) is 0. The maximum atomic E-state index is 12.9. The summed E-state index contributed by atoms with van der Waals surface area (Å²) >= 11 is 1.51. The Balaban J connectivity index is 1.50. The summed E-state index contributed by atoms with van der Waals surface area (Å²) in [4.78, 5) is 8.45. The van der Waals surface area contributed by atoms with Gasteiger partial charge >= 0.3 is 0 Å². The van der Waals surface area contributed by atoms with Crippen LogP contribution < -0.4 is 10.1 Å². The number of pyridine rings is 1. The molecule has 0 amide bonds. The van der Waals surface area contributed by atoms with Crippen LogP contribution in [0.5, 0.6) is 5.75 Å². The summed E-state index contributed by atoms with van der Waals surface area (Å²) < 4.78 is 18.4. The number of benzene rings is 1. The first kappa shape index (κ1) is 14.5. The monoisotopic (exact) mass is 315 g/mol. The van der Waals surface area contributed by atoms with Gasteiger partial charge in [-0.25, -0.2) is 9.37 Å². The number of rotatable bonds is 6. The molecular weight excluding hydrogens is 301 g/mol. The van der Waals surface area contributed by atoms with Crippen LogP contribution in [0, 0.1) is 5.82 Å². The van der Waals surface area contributed by atoms with E-state index in [-0.39, 0.29) is 5.82 Å². The van der Waals surface area contributed by atoms with Crippen LogP contribution in [-0.4, -0.2) is 23.1 Å². The van der Waals surface area contributed by atoms with Crippen molar-refractivity contribution in [3.63, 3.8) is 0 Å². The quantitative estimate of drug-likeness (QED) is 0.702. The predicted octanol–water partition coefficient (Wildman–Crippen LogP) is 3.84. The lowest BCUT2D eigenvalue weighted by atomic mass is 10.2. The predicted molar refractivity (Wildman–Crippen MR) is 85.7 cm³/mol. The van der Waals surface area contributed by atoms with Gasteiger partial charge in [0.2, 0.25) is 0 Å². The number of hydrogen-bond acceptors (Lipinski definition) is 5. The van der Waals surface area contributed by atoms with Crippen molar-refractivity contribution in [1.82, 2.24) is 9.97 Å². The fraction of sp³-hybridized carbons (Fsp3) is 0.125. The van der Waals surface area contributed by atoms with E-state index >= 15 is 0 Å². The zero-order chi connectivity index (χ0) is 15.2. The third-order valence-electron chi connectivity index (χ3n) is 2.93. The zero-order valence-electron chi connectivity index (χ0n) is 11.7. The highest BCUT2D eigenvalue weighted by atomic mass is 32.1. The minimum atomic E-state index is -0.245. The van der Waals surface area contributed by atoms with Gasteiger partial charge in [-0.15, -0.1) is 11.3 Å². The van der Waals surface area contributed by atoms with Crippen molar-refractivity contribution in [3.8, 4) is 17.0 Å². The van der Waals surface area contributed by atoms with E-state index in [1.807, 2.05) is 17.5 Å². The van der Waals surface area contributed by atoms with Crippen LogP contribution in [0.2, 0.25) is 0 Å². The Morgan fingerprint density at radius 3 is 2.82 bits per heavy atom. The molecule has 0 unspecified atom stereocenters. The van der Waals surface area contributed by atoms with Crippen LogP contribution >= 0.6 is 11.3 Å². The number of aromatic nitrogens is 2. The first-order valence-corrected chi connectivity index (χ1v) is 7.67. The van der Waals surface area contributed by atoms with Crippen LogP contribution in [0.15, 0.2) is 54.2 Å². The minimum Gasteiger partial charge on any atom is -0.490 e. The van der Waals surface area contributed by atoms with Crippen molar-refractivity contribution in [2.24, 2.45) is 0 Å². The summed E-state index contributed by atoms with van der Waals surface area (Å²) in [5.74, 6) is 0.500. The van der Waals surface area contributed by atoms with Crippen LogP contribution in [0.3, 0.4) is 0 Å². The standard InChI is InChI=1S/C16H14FN3OS/c17-13-5-3-12(4-6-13)15-11-22-16(20-15)19-8-9-21-14-2-1-7-18-10-14/h1-7,10-11H,8-9H2,(H,19,20). The third kappa shape index (κ3) is 3.79. The molecule has 4 nitrogen and oxygen atoms in total. The summed E-state index contributed by atoms with van der Waals surface area (Å²) in [6.07, 6.45) is 3.38. The van der Waals surface area contributed by atoms with Gasteiger partial charge in [0.25, 0.3) is 0 Å². The van der Waals surface area contributed by atoms with Gasteiger partial charge in [-0.1, -0.05) is 0 Å². The second kappa shape index (κ2) is 7.00. The van der Waals surface area contributed by atoms with Crippen LogP contribution in [0.4, 0.5) is 9.52 Å². The van der Waals surface area contributed by atoms with Crippen molar-refractivity contribution in [2.75, 3.05) is 18.5 Å². The molecule has 0 aliphatic rings. The summed E-state index contributed by atoms with van der Waals surface area (Å²) in [5.41, 5.74) is 1.73. The Labute approximate surface area is 131 Å². The van der Waals surface area contributed by atoms with E-state index in [4.69, 9.17) is 4.74 Å². The van der Waals surface area contributed by atoms with Crippen molar-refractivity contribution < 1.29 is 9.13 Å². The molecule has 0 radical (unpaired) electrons. The fourth-order valence-corrected chi connectivity index (χ4v) is 2.62. The maximum absolute atomic E-state index is 12.9. The molecule has 2 aromatic heterocycles. The van der Waals surface area contributed by atoms with E-state index in [1.54, 1.807) is 24.5 Å². The topological polar surface area (TPSA) is 47.0 Å². The fourth-order valence-electron chi connectivity index (χ4n) is 1.87. The molecule has 3 rings (SSSR count). The van der Waals surface area contributed by atoms with E-state index in [9.17, 15) is 4.39 Å². The van der Waals surface area contributed by atoms with Gasteiger partial charge in [0.15, 0.2) is 5.13 Å². The van der Waals surface area contributed by atoms with E-state index in [2.05, 4.69) is 15.3 Å². The van der Waals surface area contributed by atoms with Crippen molar-refractivity contribution in [3.05, 3.63) is 60.0 Å². The molecule has 22 heavy (non-hydrogen) atoms. The molecule has 112 valence electrons. The molecule has 2 heterocycles. The average molecular weight is 315 g/mol.